The third-order valence-corrected chi connectivity index (χ3v) is 6.36. The van der Waals surface area contributed by atoms with Gasteiger partial charge in [-0.05, 0) is 49.4 Å². The minimum atomic E-state index is -0.631. The normalized spacial score (nSPS) is 19.6. The van der Waals surface area contributed by atoms with Crippen LogP contribution in [0.2, 0.25) is 0 Å². The maximum atomic E-state index is 13.6. The molecule has 0 radical (unpaired) electrons. The summed E-state index contributed by atoms with van der Waals surface area (Å²) < 4.78 is 16.1. The fourth-order valence-electron chi connectivity index (χ4n) is 4.93. The summed E-state index contributed by atoms with van der Waals surface area (Å²) in [7, 11) is 1.33. The standard InChI is InChI=1S/C28H29NO6/c1-5-34-24-15-19(11-12-23(24)35-17(3)30)26-25(28(32)33-4)16(2)29-21-13-20(14-22(31)27(21)26)18-9-7-6-8-10-18/h6-12,15,20,26,29H,5,13-14H2,1-4H3. The second-order valence-electron chi connectivity index (χ2n) is 8.65. The van der Waals surface area contributed by atoms with Gasteiger partial charge in [0, 0.05) is 36.2 Å². The van der Waals surface area contributed by atoms with Crippen molar-refractivity contribution >= 4 is 17.7 Å². The van der Waals surface area contributed by atoms with Crippen LogP contribution in [0.4, 0.5) is 0 Å². The molecule has 1 aliphatic carbocycles. The number of ketones is 1. The Morgan fingerprint density at radius 2 is 1.77 bits per heavy atom. The summed E-state index contributed by atoms with van der Waals surface area (Å²) in [6, 6.07) is 15.1. The zero-order chi connectivity index (χ0) is 25.1. The molecular weight excluding hydrogens is 446 g/mol. The lowest BCUT2D eigenvalue weighted by atomic mass is 9.71. The molecule has 0 aromatic heterocycles. The van der Waals surface area contributed by atoms with Gasteiger partial charge >= 0.3 is 11.9 Å². The second-order valence-corrected chi connectivity index (χ2v) is 8.65. The van der Waals surface area contributed by atoms with Gasteiger partial charge in [0.15, 0.2) is 17.3 Å². The van der Waals surface area contributed by atoms with Crippen molar-refractivity contribution in [3.05, 3.63) is 82.2 Å². The van der Waals surface area contributed by atoms with E-state index in [0.29, 0.717) is 47.6 Å². The van der Waals surface area contributed by atoms with E-state index in [-0.39, 0.29) is 17.5 Å². The largest absolute Gasteiger partial charge is 0.490 e. The highest BCUT2D eigenvalue weighted by Gasteiger charge is 2.41. The first-order valence-corrected chi connectivity index (χ1v) is 11.7. The van der Waals surface area contributed by atoms with Gasteiger partial charge in [0.25, 0.3) is 0 Å². The summed E-state index contributed by atoms with van der Waals surface area (Å²) in [5.41, 5.74) is 4.18. The van der Waals surface area contributed by atoms with Crippen LogP contribution in [0.25, 0.3) is 0 Å². The van der Waals surface area contributed by atoms with Gasteiger partial charge in [-0.25, -0.2) is 4.79 Å². The third-order valence-electron chi connectivity index (χ3n) is 6.36. The molecule has 2 aromatic carbocycles. The Balaban J connectivity index is 1.83. The lowest BCUT2D eigenvalue weighted by Crippen LogP contribution is -2.36. The van der Waals surface area contributed by atoms with Gasteiger partial charge in [0.2, 0.25) is 0 Å². The van der Waals surface area contributed by atoms with E-state index >= 15 is 0 Å². The number of allylic oxidation sites excluding steroid dienone is 3. The lowest BCUT2D eigenvalue weighted by molar-refractivity contribution is -0.136. The minimum absolute atomic E-state index is 0.0199. The molecule has 0 amide bonds. The van der Waals surface area contributed by atoms with E-state index in [4.69, 9.17) is 14.2 Å². The molecular formula is C28H29NO6. The highest BCUT2D eigenvalue weighted by molar-refractivity contribution is 6.04. The Kier molecular flexibility index (Phi) is 7.05. The number of hydrogen-bond donors (Lipinski definition) is 1. The molecule has 0 saturated heterocycles. The van der Waals surface area contributed by atoms with Crippen molar-refractivity contribution in [2.45, 2.75) is 45.4 Å². The summed E-state index contributed by atoms with van der Waals surface area (Å²) in [5, 5.41) is 3.33. The molecule has 182 valence electrons. The summed E-state index contributed by atoms with van der Waals surface area (Å²) in [6.45, 7) is 5.32. The Morgan fingerprint density at radius 3 is 2.43 bits per heavy atom. The van der Waals surface area contributed by atoms with E-state index in [1.807, 2.05) is 44.2 Å². The monoisotopic (exact) mass is 475 g/mol. The number of hydrogen-bond acceptors (Lipinski definition) is 7. The van der Waals surface area contributed by atoms with Crippen LogP contribution in [-0.4, -0.2) is 31.4 Å². The average molecular weight is 476 g/mol. The van der Waals surface area contributed by atoms with Crippen LogP contribution in [0, 0.1) is 0 Å². The van der Waals surface area contributed by atoms with Crippen molar-refractivity contribution in [1.29, 1.82) is 0 Å². The highest BCUT2D eigenvalue weighted by Crippen LogP contribution is 2.47. The number of rotatable bonds is 6. The van der Waals surface area contributed by atoms with Crippen LogP contribution in [-0.2, 0) is 19.1 Å². The zero-order valence-electron chi connectivity index (χ0n) is 20.3. The molecule has 0 spiro atoms. The molecule has 2 aliphatic rings. The number of carbonyl (C=O) groups excluding carboxylic acids is 3. The van der Waals surface area contributed by atoms with Crippen LogP contribution in [0.15, 0.2) is 71.1 Å². The lowest BCUT2D eigenvalue weighted by Gasteiger charge is -2.36. The van der Waals surface area contributed by atoms with E-state index in [1.54, 1.807) is 18.2 Å². The Hall–Kier alpha value is -3.87. The Bertz CT molecular complexity index is 1230. The molecule has 35 heavy (non-hydrogen) atoms. The van der Waals surface area contributed by atoms with Crippen molar-refractivity contribution in [3.63, 3.8) is 0 Å². The average Bonchev–Trinajstić information content (AvgIpc) is 2.84. The predicted octanol–water partition coefficient (Wildman–Crippen LogP) is 4.55. The van der Waals surface area contributed by atoms with Crippen LogP contribution in [0.5, 0.6) is 11.5 Å². The molecule has 0 saturated carbocycles. The van der Waals surface area contributed by atoms with Crippen molar-refractivity contribution in [3.8, 4) is 11.5 Å². The molecule has 0 bridgehead atoms. The zero-order valence-corrected chi connectivity index (χ0v) is 20.3. The van der Waals surface area contributed by atoms with E-state index in [2.05, 4.69) is 5.32 Å². The number of benzene rings is 2. The number of Topliss-reactive ketones (excluding diaryl/α,β-unsaturated/α-hetero) is 1. The van der Waals surface area contributed by atoms with Crippen LogP contribution in [0.3, 0.4) is 0 Å². The summed E-state index contributed by atoms with van der Waals surface area (Å²) in [4.78, 5) is 38.1. The first-order valence-electron chi connectivity index (χ1n) is 11.7. The second kappa shape index (κ2) is 10.2. The molecule has 2 aromatic rings. The predicted molar refractivity (Wildman–Crippen MR) is 130 cm³/mol. The number of dihydropyridines is 1. The maximum absolute atomic E-state index is 13.6. The fourth-order valence-corrected chi connectivity index (χ4v) is 4.93. The van der Waals surface area contributed by atoms with E-state index in [1.165, 1.54) is 14.0 Å². The maximum Gasteiger partial charge on any atom is 0.336 e. The summed E-state index contributed by atoms with van der Waals surface area (Å²) in [5.74, 6) is -0.924. The summed E-state index contributed by atoms with van der Waals surface area (Å²) >= 11 is 0. The van der Waals surface area contributed by atoms with Crippen LogP contribution < -0.4 is 14.8 Å². The molecule has 1 heterocycles. The number of nitrogens with one attached hydrogen (secondary N) is 1. The number of ether oxygens (including phenoxy) is 3. The van der Waals surface area contributed by atoms with Gasteiger partial charge in [-0.1, -0.05) is 36.4 Å². The van der Waals surface area contributed by atoms with Crippen molar-refractivity contribution in [2.24, 2.45) is 0 Å². The Labute approximate surface area is 204 Å². The van der Waals surface area contributed by atoms with Crippen molar-refractivity contribution in [1.82, 2.24) is 5.32 Å². The molecule has 2 atom stereocenters. The first-order chi connectivity index (χ1) is 16.8. The van der Waals surface area contributed by atoms with Gasteiger partial charge in [0.1, 0.15) is 0 Å². The number of esters is 2. The van der Waals surface area contributed by atoms with E-state index in [9.17, 15) is 14.4 Å². The number of carbonyl (C=O) groups is 3. The van der Waals surface area contributed by atoms with Crippen molar-refractivity contribution < 1.29 is 28.6 Å². The van der Waals surface area contributed by atoms with Gasteiger partial charge < -0.3 is 19.5 Å². The fraction of sp³-hybridized carbons (Fsp3) is 0.321. The smallest absolute Gasteiger partial charge is 0.336 e. The van der Waals surface area contributed by atoms with E-state index < -0.39 is 17.9 Å². The van der Waals surface area contributed by atoms with Gasteiger partial charge in [-0.3, -0.25) is 9.59 Å². The molecule has 4 rings (SSSR count). The van der Waals surface area contributed by atoms with Gasteiger partial charge in [-0.2, -0.15) is 0 Å². The van der Waals surface area contributed by atoms with Gasteiger partial charge in [-0.15, -0.1) is 0 Å². The molecule has 7 nitrogen and oxygen atoms in total. The SMILES string of the molecule is CCOc1cc(C2C(C(=O)OC)=C(C)NC3=C2C(=O)CC(c2ccccc2)C3)ccc1OC(C)=O. The molecule has 1 aliphatic heterocycles. The van der Waals surface area contributed by atoms with E-state index in [0.717, 1.165) is 11.3 Å². The first kappa shape index (κ1) is 24.3. The Morgan fingerprint density at radius 1 is 1.03 bits per heavy atom. The molecule has 2 unspecified atom stereocenters. The van der Waals surface area contributed by atoms with Crippen molar-refractivity contribution in [2.75, 3.05) is 13.7 Å². The molecule has 7 heteroatoms. The van der Waals surface area contributed by atoms with Gasteiger partial charge in [0.05, 0.1) is 19.3 Å². The molecule has 0 fully saturated rings. The topological polar surface area (TPSA) is 90.9 Å². The number of methoxy groups -OCH3 is 1. The van der Waals surface area contributed by atoms with Crippen LogP contribution in [0.1, 0.15) is 56.6 Å². The van der Waals surface area contributed by atoms with Crippen LogP contribution >= 0.6 is 0 Å². The summed E-state index contributed by atoms with van der Waals surface area (Å²) in [6.07, 6.45) is 0.996. The highest BCUT2D eigenvalue weighted by atomic mass is 16.6. The third kappa shape index (κ3) is 4.85. The minimum Gasteiger partial charge on any atom is -0.490 e. The molecule has 1 N–H and O–H groups in total. The quantitative estimate of drug-likeness (QED) is 0.484.